The van der Waals surface area contributed by atoms with E-state index in [1.54, 1.807) is 0 Å². The first kappa shape index (κ1) is 26.0. The van der Waals surface area contributed by atoms with Crippen molar-refractivity contribution in [2.45, 2.75) is 46.4 Å². The van der Waals surface area contributed by atoms with Gasteiger partial charge in [-0.3, -0.25) is 0 Å². The summed E-state index contributed by atoms with van der Waals surface area (Å²) in [6.07, 6.45) is -0.526. The van der Waals surface area contributed by atoms with Gasteiger partial charge < -0.3 is 25.2 Å². The summed E-state index contributed by atoms with van der Waals surface area (Å²) in [5, 5.41) is 16.9. The average molecular weight is 527 g/mol. The zero-order chi connectivity index (χ0) is 21.1. The normalized spacial score (nSPS) is 12.1. The van der Waals surface area contributed by atoms with Crippen molar-refractivity contribution in [1.29, 1.82) is 0 Å². The summed E-state index contributed by atoms with van der Waals surface area (Å²) in [6, 6.07) is 15.4. The zero-order valence-corrected chi connectivity index (χ0v) is 20.6. The standard InChI is InChI=1S/C23H33N3O3.HI/c1-5-24-23(25-15-19-9-7-8-10-22(19)28-6-2)26-16-21(27)18-11-13-20(14-12-18)29-17(3)4;/h7-14,17,21,27H,5-6,15-16H2,1-4H3,(H2,24,25,26);1H. The molecule has 0 amide bonds. The molecule has 30 heavy (non-hydrogen) atoms. The maximum Gasteiger partial charge on any atom is 0.191 e. The average Bonchev–Trinajstić information content (AvgIpc) is 2.71. The first-order valence-corrected chi connectivity index (χ1v) is 10.2. The monoisotopic (exact) mass is 527 g/mol. The molecule has 6 nitrogen and oxygen atoms in total. The van der Waals surface area contributed by atoms with Gasteiger partial charge in [-0.15, -0.1) is 24.0 Å². The van der Waals surface area contributed by atoms with Crippen LogP contribution in [0.4, 0.5) is 0 Å². The van der Waals surface area contributed by atoms with Crippen molar-refractivity contribution < 1.29 is 14.6 Å². The van der Waals surface area contributed by atoms with E-state index in [0.717, 1.165) is 29.2 Å². The quantitative estimate of drug-likeness (QED) is 0.245. The number of ether oxygens (including phenoxy) is 2. The Morgan fingerprint density at radius 3 is 2.37 bits per heavy atom. The molecule has 1 atom stereocenters. The van der Waals surface area contributed by atoms with E-state index < -0.39 is 6.10 Å². The number of nitrogens with zero attached hydrogens (tertiary/aromatic N) is 1. The number of para-hydroxylation sites is 1. The van der Waals surface area contributed by atoms with Crippen molar-refractivity contribution in [1.82, 2.24) is 10.6 Å². The molecule has 2 aromatic rings. The van der Waals surface area contributed by atoms with E-state index in [1.165, 1.54) is 0 Å². The molecule has 3 N–H and O–H groups in total. The third-order valence-electron chi connectivity index (χ3n) is 4.12. The highest BCUT2D eigenvalue weighted by atomic mass is 127. The fourth-order valence-corrected chi connectivity index (χ4v) is 2.79. The number of nitrogens with one attached hydrogen (secondary N) is 2. The van der Waals surface area contributed by atoms with Crippen molar-refractivity contribution in [3.63, 3.8) is 0 Å². The molecule has 2 rings (SSSR count). The van der Waals surface area contributed by atoms with Gasteiger partial charge in [-0.25, -0.2) is 4.99 Å². The fourth-order valence-electron chi connectivity index (χ4n) is 2.79. The fraction of sp³-hybridized carbons (Fsp3) is 0.435. The third-order valence-corrected chi connectivity index (χ3v) is 4.12. The predicted octanol–water partition coefficient (Wildman–Crippen LogP) is 4.28. The number of aliphatic hydroxyl groups excluding tert-OH is 1. The molecular weight excluding hydrogens is 493 g/mol. The van der Waals surface area contributed by atoms with Crippen molar-refractivity contribution in [2.75, 3.05) is 19.7 Å². The van der Waals surface area contributed by atoms with Crippen LogP contribution >= 0.6 is 24.0 Å². The predicted molar refractivity (Wildman–Crippen MR) is 133 cm³/mol. The molecule has 1 unspecified atom stereocenters. The summed E-state index contributed by atoms with van der Waals surface area (Å²) in [5.41, 5.74) is 1.85. The lowest BCUT2D eigenvalue weighted by atomic mass is 10.1. The Hall–Kier alpha value is -2.00. The minimum atomic E-state index is -0.650. The van der Waals surface area contributed by atoms with E-state index in [1.807, 2.05) is 76.2 Å². The van der Waals surface area contributed by atoms with E-state index in [-0.39, 0.29) is 30.1 Å². The highest BCUT2D eigenvalue weighted by Gasteiger charge is 2.10. The topological polar surface area (TPSA) is 75.1 Å². The molecular formula is C23H34IN3O3. The Morgan fingerprint density at radius 1 is 1.03 bits per heavy atom. The number of hydrogen-bond acceptors (Lipinski definition) is 4. The Morgan fingerprint density at radius 2 is 1.73 bits per heavy atom. The molecule has 7 heteroatoms. The molecule has 0 saturated carbocycles. The van der Waals surface area contributed by atoms with Crippen LogP contribution in [0.1, 0.15) is 44.9 Å². The highest BCUT2D eigenvalue weighted by molar-refractivity contribution is 14.0. The van der Waals surface area contributed by atoms with Gasteiger partial charge >= 0.3 is 0 Å². The second kappa shape index (κ2) is 14.1. The first-order chi connectivity index (χ1) is 14.0. The van der Waals surface area contributed by atoms with E-state index in [4.69, 9.17) is 9.47 Å². The van der Waals surface area contributed by atoms with Crippen molar-refractivity contribution in [3.05, 3.63) is 59.7 Å². The van der Waals surface area contributed by atoms with Gasteiger partial charge in [0.05, 0.1) is 25.4 Å². The van der Waals surface area contributed by atoms with Crippen molar-refractivity contribution in [2.24, 2.45) is 4.99 Å². The van der Waals surface area contributed by atoms with Crippen LogP contribution in [0.25, 0.3) is 0 Å². The molecule has 0 heterocycles. The second-order valence-electron chi connectivity index (χ2n) is 6.87. The summed E-state index contributed by atoms with van der Waals surface area (Å²) in [4.78, 5) is 4.62. The van der Waals surface area contributed by atoms with Gasteiger partial charge in [0, 0.05) is 18.7 Å². The van der Waals surface area contributed by atoms with Crippen molar-refractivity contribution in [3.8, 4) is 11.5 Å². The number of halogens is 1. The van der Waals surface area contributed by atoms with Crippen LogP contribution in [-0.2, 0) is 6.54 Å². The van der Waals surface area contributed by atoms with Crippen LogP contribution in [0, 0.1) is 0 Å². The number of guanidine groups is 1. The van der Waals surface area contributed by atoms with E-state index >= 15 is 0 Å². The Kier molecular flexibility index (Phi) is 12.2. The van der Waals surface area contributed by atoms with Gasteiger partial charge in [-0.2, -0.15) is 0 Å². The van der Waals surface area contributed by atoms with Gasteiger partial charge in [0.15, 0.2) is 5.96 Å². The minimum absolute atomic E-state index is 0. The SMILES string of the molecule is CCNC(=NCc1ccccc1OCC)NCC(O)c1ccc(OC(C)C)cc1.I. The smallest absolute Gasteiger partial charge is 0.191 e. The Labute approximate surface area is 197 Å². The summed E-state index contributed by atoms with van der Waals surface area (Å²) in [7, 11) is 0. The first-order valence-electron chi connectivity index (χ1n) is 10.2. The molecule has 166 valence electrons. The van der Waals surface area contributed by atoms with E-state index in [2.05, 4.69) is 15.6 Å². The van der Waals surface area contributed by atoms with Gasteiger partial charge in [0.2, 0.25) is 0 Å². The molecule has 0 aliphatic heterocycles. The minimum Gasteiger partial charge on any atom is -0.494 e. The maximum absolute atomic E-state index is 10.5. The van der Waals surface area contributed by atoms with Gasteiger partial charge in [0.1, 0.15) is 11.5 Å². The summed E-state index contributed by atoms with van der Waals surface area (Å²) >= 11 is 0. The van der Waals surface area contributed by atoms with Gasteiger partial charge in [-0.05, 0) is 51.5 Å². The largest absolute Gasteiger partial charge is 0.494 e. The molecule has 0 aliphatic carbocycles. The lowest BCUT2D eigenvalue weighted by Crippen LogP contribution is -2.39. The van der Waals surface area contributed by atoms with Crippen LogP contribution in [0.15, 0.2) is 53.5 Å². The number of rotatable bonds is 10. The summed E-state index contributed by atoms with van der Waals surface area (Å²) in [5.74, 6) is 2.29. The molecule has 0 saturated heterocycles. The molecule has 0 spiro atoms. The molecule has 0 fully saturated rings. The van der Waals surface area contributed by atoms with E-state index in [0.29, 0.717) is 25.7 Å². The number of benzene rings is 2. The second-order valence-corrected chi connectivity index (χ2v) is 6.87. The third kappa shape index (κ3) is 8.79. The van der Waals surface area contributed by atoms with E-state index in [9.17, 15) is 5.11 Å². The van der Waals surface area contributed by atoms with Gasteiger partial charge in [0.25, 0.3) is 0 Å². The van der Waals surface area contributed by atoms with Gasteiger partial charge in [-0.1, -0.05) is 30.3 Å². The lowest BCUT2D eigenvalue weighted by molar-refractivity contribution is 0.180. The van der Waals surface area contributed by atoms with Crippen LogP contribution in [0.2, 0.25) is 0 Å². The highest BCUT2D eigenvalue weighted by Crippen LogP contribution is 2.19. The Bertz CT molecular complexity index is 767. The number of aliphatic imine (C=N–C) groups is 1. The van der Waals surface area contributed by atoms with Crippen molar-refractivity contribution >= 4 is 29.9 Å². The zero-order valence-electron chi connectivity index (χ0n) is 18.2. The molecule has 0 aromatic heterocycles. The molecule has 2 aromatic carbocycles. The van der Waals surface area contributed by atoms with Crippen LogP contribution in [0.5, 0.6) is 11.5 Å². The molecule has 0 radical (unpaired) electrons. The van der Waals surface area contributed by atoms with Crippen LogP contribution < -0.4 is 20.1 Å². The van der Waals surface area contributed by atoms with Crippen LogP contribution in [0.3, 0.4) is 0 Å². The Balaban J connectivity index is 0.00000450. The molecule has 0 bridgehead atoms. The maximum atomic E-state index is 10.5. The molecule has 0 aliphatic rings. The number of hydrogen-bond donors (Lipinski definition) is 3. The summed E-state index contributed by atoms with van der Waals surface area (Å²) in [6.45, 7) is 10.1. The number of aliphatic hydroxyl groups is 1. The lowest BCUT2D eigenvalue weighted by Gasteiger charge is -2.17. The summed E-state index contributed by atoms with van der Waals surface area (Å²) < 4.78 is 11.3. The van der Waals surface area contributed by atoms with Crippen LogP contribution in [-0.4, -0.2) is 36.9 Å².